The molecule has 4 rings (SSSR count). The molecule has 7 nitrogen and oxygen atoms in total. The van der Waals surface area contributed by atoms with Crippen LogP contribution in [0.15, 0.2) is 48.5 Å². The zero-order valence-corrected chi connectivity index (χ0v) is 20.4. The van der Waals surface area contributed by atoms with E-state index >= 15 is 0 Å². The van der Waals surface area contributed by atoms with Crippen molar-refractivity contribution in [2.45, 2.75) is 69.9 Å². The lowest BCUT2D eigenvalue weighted by molar-refractivity contribution is -0.142. The summed E-state index contributed by atoms with van der Waals surface area (Å²) in [5, 5.41) is 15.0. The maximum atomic E-state index is 12.8. The Morgan fingerprint density at radius 1 is 1.00 bits per heavy atom. The molecule has 0 saturated heterocycles. The Kier molecular flexibility index (Phi) is 7.43. The highest BCUT2D eigenvalue weighted by Crippen LogP contribution is 2.44. The van der Waals surface area contributed by atoms with Crippen molar-refractivity contribution in [2.75, 3.05) is 6.61 Å². The van der Waals surface area contributed by atoms with E-state index in [0.717, 1.165) is 28.7 Å². The molecule has 2 aromatic rings. The highest BCUT2D eigenvalue weighted by atomic mass is 16.5. The molecule has 35 heavy (non-hydrogen) atoms. The number of alkyl carbamates (subject to hydrolysis) is 1. The van der Waals surface area contributed by atoms with Crippen molar-refractivity contribution in [3.05, 3.63) is 59.7 Å². The second-order valence-corrected chi connectivity index (χ2v) is 10.2. The Morgan fingerprint density at radius 2 is 1.60 bits per heavy atom. The number of carboxylic acids is 1. The normalized spacial score (nSPS) is 16.5. The summed E-state index contributed by atoms with van der Waals surface area (Å²) < 4.78 is 5.66. The Bertz CT molecular complexity index is 1050. The third-order valence-corrected chi connectivity index (χ3v) is 7.19. The molecule has 0 aromatic heterocycles. The summed E-state index contributed by atoms with van der Waals surface area (Å²) in [4.78, 5) is 37.0. The number of ether oxygens (including phenoxy) is 1. The van der Waals surface area contributed by atoms with E-state index in [1.165, 1.54) is 0 Å². The summed E-state index contributed by atoms with van der Waals surface area (Å²) in [5.41, 5.74) is 3.92. The van der Waals surface area contributed by atoms with Crippen molar-refractivity contribution in [3.63, 3.8) is 0 Å². The maximum Gasteiger partial charge on any atom is 0.407 e. The van der Waals surface area contributed by atoms with E-state index in [0.29, 0.717) is 31.6 Å². The van der Waals surface area contributed by atoms with Gasteiger partial charge in [-0.15, -0.1) is 0 Å². The molecule has 1 unspecified atom stereocenters. The van der Waals surface area contributed by atoms with Crippen LogP contribution in [0.2, 0.25) is 0 Å². The fraction of sp³-hybridized carbons (Fsp3) is 0.464. The van der Waals surface area contributed by atoms with Crippen LogP contribution in [0.1, 0.15) is 69.4 Å². The summed E-state index contributed by atoms with van der Waals surface area (Å²) in [7, 11) is 0. The molecule has 1 saturated carbocycles. The summed E-state index contributed by atoms with van der Waals surface area (Å²) in [6, 6.07) is 15.4. The minimum Gasteiger partial charge on any atom is -0.480 e. The largest absolute Gasteiger partial charge is 0.480 e. The second kappa shape index (κ2) is 10.5. The summed E-state index contributed by atoms with van der Waals surface area (Å²) in [5.74, 6) is -1.08. The Hall–Kier alpha value is -3.35. The minimum atomic E-state index is -1.04. The number of hydrogen-bond donors (Lipinski definition) is 3. The highest BCUT2D eigenvalue weighted by molar-refractivity contribution is 5.85. The number of aliphatic carboxylic acids is 1. The van der Waals surface area contributed by atoms with E-state index in [9.17, 15) is 19.5 Å². The molecular weight excluding hydrogens is 444 g/mol. The molecule has 2 aliphatic rings. The highest BCUT2D eigenvalue weighted by Gasteiger charge is 2.41. The van der Waals surface area contributed by atoms with E-state index in [1.54, 1.807) is 0 Å². The number of rotatable bonds is 10. The summed E-state index contributed by atoms with van der Waals surface area (Å²) >= 11 is 0. The van der Waals surface area contributed by atoms with Crippen molar-refractivity contribution in [1.82, 2.24) is 10.6 Å². The van der Waals surface area contributed by atoms with E-state index < -0.39 is 23.6 Å². The maximum absolute atomic E-state index is 12.8. The topological polar surface area (TPSA) is 105 Å². The fourth-order valence-corrected chi connectivity index (χ4v) is 5.11. The van der Waals surface area contributed by atoms with Crippen LogP contribution in [-0.4, -0.2) is 41.3 Å². The smallest absolute Gasteiger partial charge is 0.407 e. The van der Waals surface area contributed by atoms with Gasteiger partial charge in [0, 0.05) is 12.3 Å². The zero-order chi connectivity index (χ0) is 25.0. The van der Waals surface area contributed by atoms with Gasteiger partial charge in [0.15, 0.2) is 0 Å². The number of nitrogens with one attached hydrogen (secondary N) is 2. The van der Waals surface area contributed by atoms with E-state index in [4.69, 9.17) is 4.74 Å². The molecule has 0 spiro atoms. The van der Waals surface area contributed by atoms with Crippen LogP contribution in [-0.2, 0) is 14.3 Å². The summed E-state index contributed by atoms with van der Waals surface area (Å²) in [6.45, 7) is 4.24. The van der Waals surface area contributed by atoms with Crippen molar-refractivity contribution in [2.24, 2.45) is 5.92 Å². The van der Waals surface area contributed by atoms with Crippen molar-refractivity contribution >= 4 is 18.0 Å². The molecule has 1 atom stereocenters. The van der Waals surface area contributed by atoms with Gasteiger partial charge >= 0.3 is 12.1 Å². The van der Waals surface area contributed by atoms with E-state index in [-0.39, 0.29) is 24.9 Å². The molecule has 2 aromatic carbocycles. The predicted octanol–water partition coefficient (Wildman–Crippen LogP) is 4.84. The molecule has 2 aliphatic carbocycles. The molecule has 1 fully saturated rings. The Labute approximate surface area is 206 Å². The quantitative estimate of drug-likeness (QED) is 0.453. The molecule has 0 aliphatic heterocycles. The molecule has 2 amide bonds. The van der Waals surface area contributed by atoms with Gasteiger partial charge in [-0.05, 0) is 60.3 Å². The van der Waals surface area contributed by atoms with Crippen LogP contribution in [0.25, 0.3) is 11.1 Å². The minimum absolute atomic E-state index is 0.0360. The lowest BCUT2D eigenvalue weighted by atomic mass is 9.74. The third-order valence-electron chi connectivity index (χ3n) is 7.19. The first-order valence-corrected chi connectivity index (χ1v) is 12.4. The van der Waals surface area contributed by atoms with E-state index in [1.807, 2.05) is 38.1 Å². The Morgan fingerprint density at radius 3 is 2.11 bits per heavy atom. The van der Waals surface area contributed by atoms with Gasteiger partial charge < -0.3 is 20.5 Å². The van der Waals surface area contributed by atoms with Crippen LogP contribution in [0, 0.1) is 5.92 Å². The number of carboxylic acid groups (broad SMARTS) is 1. The van der Waals surface area contributed by atoms with Crippen LogP contribution >= 0.6 is 0 Å². The van der Waals surface area contributed by atoms with Crippen molar-refractivity contribution < 1.29 is 24.2 Å². The number of amides is 2. The van der Waals surface area contributed by atoms with Gasteiger partial charge in [0.2, 0.25) is 5.91 Å². The first kappa shape index (κ1) is 24.8. The number of hydrogen-bond acceptors (Lipinski definition) is 4. The standard InChI is InChI=1S/C28H34N2O5/c1-18(2)12-13-24(26(32)33)29-25(31)16-28(14-7-15-28)30-27(34)35-17-23-21-10-5-3-8-19(21)20-9-4-6-11-22(20)23/h3-6,8-11,18,23-24H,7,12-17H2,1-2H3,(H,29,31)(H,30,34)(H,32,33). The average molecular weight is 479 g/mol. The van der Waals surface area contributed by atoms with Gasteiger partial charge in [-0.2, -0.15) is 0 Å². The number of carbonyl (C=O) groups is 3. The SMILES string of the molecule is CC(C)CCC(NC(=O)CC1(NC(=O)OCC2c3ccccc3-c3ccccc32)CCC1)C(=O)O. The van der Waals surface area contributed by atoms with Crippen molar-refractivity contribution in [1.29, 1.82) is 0 Å². The lowest BCUT2D eigenvalue weighted by Crippen LogP contribution is -2.57. The first-order valence-electron chi connectivity index (χ1n) is 12.4. The lowest BCUT2D eigenvalue weighted by Gasteiger charge is -2.41. The third kappa shape index (κ3) is 5.66. The van der Waals surface area contributed by atoms with Gasteiger partial charge in [-0.3, -0.25) is 4.79 Å². The molecule has 0 radical (unpaired) electrons. The molecular formula is C28H34N2O5. The Balaban J connectivity index is 1.34. The van der Waals surface area contributed by atoms with Gasteiger partial charge in [-0.1, -0.05) is 62.4 Å². The zero-order valence-electron chi connectivity index (χ0n) is 20.4. The van der Waals surface area contributed by atoms with Crippen LogP contribution < -0.4 is 10.6 Å². The molecule has 186 valence electrons. The van der Waals surface area contributed by atoms with Gasteiger partial charge in [0.05, 0.1) is 5.54 Å². The summed E-state index contributed by atoms with van der Waals surface area (Å²) in [6.07, 6.45) is 2.80. The van der Waals surface area contributed by atoms with Crippen molar-refractivity contribution in [3.8, 4) is 11.1 Å². The number of fused-ring (bicyclic) bond motifs is 3. The average Bonchev–Trinajstić information content (AvgIpc) is 3.12. The second-order valence-electron chi connectivity index (χ2n) is 10.2. The fourth-order valence-electron chi connectivity index (χ4n) is 5.11. The van der Waals surface area contributed by atoms with Crippen LogP contribution in [0.4, 0.5) is 4.79 Å². The molecule has 3 N–H and O–H groups in total. The molecule has 0 heterocycles. The monoisotopic (exact) mass is 478 g/mol. The van der Waals surface area contributed by atoms with Gasteiger partial charge in [0.1, 0.15) is 12.6 Å². The van der Waals surface area contributed by atoms with Crippen LogP contribution in [0.3, 0.4) is 0 Å². The number of benzene rings is 2. The molecule has 0 bridgehead atoms. The first-order chi connectivity index (χ1) is 16.8. The van der Waals surface area contributed by atoms with Gasteiger partial charge in [-0.25, -0.2) is 9.59 Å². The number of carbonyl (C=O) groups excluding carboxylic acids is 2. The molecule has 7 heteroatoms. The van der Waals surface area contributed by atoms with E-state index in [2.05, 4.69) is 34.9 Å². The van der Waals surface area contributed by atoms with Crippen LogP contribution in [0.5, 0.6) is 0 Å². The predicted molar refractivity (Wildman–Crippen MR) is 133 cm³/mol. The van der Waals surface area contributed by atoms with Gasteiger partial charge in [0.25, 0.3) is 0 Å².